The van der Waals surface area contributed by atoms with Crippen LogP contribution in [0.25, 0.3) is 0 Å². The highest BCUT2D eigenvalue weighted by Gasteiger charge is 2.23. The zero-order chi connectivity index (χ0) is 17.2. The number of hydrogen-bond donors (Lipinski definition) is 1. The maximum absolute atomic E-state index is 12.6. The van der Waals surface area contributed by atoms with Crippen molar-refractivity contribution in [3.05, 3.63) is 29.3 Å². The molecule has 1 aliphatic carbocycles. The number of nitrogens with one attached hydrogen (secondary N) is 1. The molecule has 0 unspecified atom stereocenters. The highest BCUT2D eigenvalue weighted by Crippen LogP contribution is 2.24. The normalized spacial score (nSPS) is 21.4. The smallest absolute Gasteiger partial charge is 0.240 e. The number of likely N-dealkylation sites (tertiary alicyclic amines) is 1. The van der Waals surface area contributed by atoms with E-state index in [-0.39, 0.29) is 6.04 Å². The lowest BCUT2D eigenvalue weighted by molar-refractivity contribution is 0.148. The van der Waals surface area contributed by atoms with Crippen LogP contribution in [0.1, 0.15) is 50.7 Å². The Bertz CT molecular complexity index is 664. The molecule has 0 spiro atoms. The van der Waals surface area contributed by atoms with E-state index in [2.05, 4.69) is 23.5 Å². The molecule has 4 nitrogen and oxygen atoms in total. The lowest BCUT2D eigenvalue weighted by Gasteiger charge is -2.35. The summed E-state index contributed by atoms with van der Waals surface area (Å²) in [5, 5.41) is 0. The number of benzene rings is 1. The summed E-state index contributed by atoms with van der Waals surface area (Å²) < 4.78 is 28.1. The zero-order valence-electron chi connectivity index (χ0n) is 14.9. The molecule has 134 valence electrons. The highest BCUT2D eigenvalue weighted by molar-refractivity contribution is 7.89. The van der Waals surface area contributed by atoms with Gasteiger partial charge in [0, 0.05) is 12.6 Å². The van der Waals surface area contributed by atoms with E-state index >= 15 is 0 Å². The van der Waals surface area contributed by atoms with Crippen molar-refractivity contribution in [2.45, 2.75) is 63.3 Å². The second-order valence-electron chi connectivity index (χ2n) is 7.56. The standard InChI is InChI=1S/C19H30N2O2S/c1-15-9-11-21(12-10-15)16(2)14-20-24(22,23)19-8-7-17-5-3-4-6-18(17)13-19/h7-8,13,15-16,20H,3-6,9-12,14H2,1-2H3/t16-/m1/s1. The van der Waals surface area contributed by atoms with Gasteiger partial charge in [-0.1, -0.05) is 13.0 Å². The van der Waals surface area contributed by atoms with Gasteiger partial charge in [-0.2, -0.15) is 0 Å². The second-order valence-corrected chi connectivity index (χ2v) is 9.32. The molecule has 1 fully saturated rings. The maximum atomic E-state index is 12.6. The van der Waals surface area contributed by atoms with Gasteiger partial charge < -0.3 is 0 Å². The van der Waals surface area contributed by atoms with Crippen LogP contribution >= 0.6 is 0 Å². The van der Waals surface area contributed by atoms with E-state index in [4.69, 9.17) is 0 Å². The quantitative estimate of drug-likeness (QED) is 0.888. The highest BCUT2D eigenvalue weighted by atomic mass is 32.2. The van der Waals surface area contributed by atoms with Crippen molar-refractivity contribution in [2.75, 3.05) is 19.6 Å². The Morgan fingerprint density at radius 2 is 1.83 bits per heavy atom. The van der Waals surface area contributed by atoms with E-state index in [9.17, 15) is 8.42 Å². The zero-order valence-corrected chi connectivity index (χ0v) is 15.7. The van der Waals surface area contributed by atoms with E-state index in [0.29, 0.717) is 11.4 Å². The fraction of sp³-hybridized carbons (Fsp3) is 0.684. The number of nitrogens with zero attached hydrogens (tertiary/aromatic N) is 1. The summed E-state index contributed by atoms with van der Waals surface area (Å²) in [6.07, 6.45) is 6.87. The van der Waals surface area contributed by atoms with Crippen LogP contribution in [0.3, 0.4) is 0 Å². The SMILES string of the molecule is CC1CCN([C@H](C)CNS(=O)(=O)c2ccc3c(c2)CCCC3)CC1. The first-order chi connectivity index (χ1) is 11.5. The Kier molecular flexibility index (Phi) is 5.63. The molecule has 1 aromatic rings. The van der Waals surface area contributed by atoms with Crippen LogP contribution in [0.15, 0.2) is 23.1 Å². The van der Waals surface area contributed by atoms with Crippen LogP contribution in [0.2, 0.25) is 0 Å². The molecule has 24 heavy (non-hydrogen) atoms. The van der Waals surface area contributed by atoms with Crippen molar-refractivity contribution >= 4 is 10.0 Å². The van der Waals surface area contributed by atoms with Gasteiger partial charge in [0.1, 0.15) is 0 Å². The number of aryl methyl sites for hydroxylation is 2. The Hall–Kier alpha value is -0.910. The molecule has 1 saturated heterocycles. The summed E-state index contributed by atoms with van der Waals surface area (Å²) in [7, 11) is -3.41. The van der Waals surface area contributed by atoms with Crippen molar-refractivity contribution in [3.63, 3.8) is 0 Å². The Morgan fingerprint density at radius 3 is 2.54 bits per heavy atom. The molecule has 1 N–H and O–H groups in total. The molecule has 1 aliphatic heterocycles. The van der Waals surface area contributed by atoms with Crippen LogP contribution in [0.4, 0.5) is 0 Å². The van der Waals surface area contributed by atoms with Crippen LogP contribution < -0.4 is 4.72 Å². The molecule has 5 heteroatoms. The number of sulfonamides is 1. The lowest BCUT2D eigenvalue weighted by Crippen LogP contribution is -2.45. The van der Waals surface area contributed by atoms with E-state index in [1.807, 2.05) is 12.1 Å². The second kappa shape index (κ2) is 7.54. The number of piperidine rings is 1. The molecule has 1 atom stereocenters. The predicted molar refractivity (Wildman–Crippen MR) is 97.7 cm³/mol. The van der Waals surface area contributed by atoms with Gasteiger partial charge in [0.25, 0.3) is 0 Å². The van der Waals surface area contributed by atoms with Gasteiger partial charge >= 0.3 is 0 Å². The molecule has 0 radical (unpaired) electrons. The number of rotatable bonds is 5. The Balaban J connectivity index is 1.61. The lowest BCUT2D eigenvalue weighted by atomic mass is 9.92. The van der Waals surface area contributed by atoms with E-state index in [1.165, 1.54) is 30.4 Å². The Labute approximate surface area is 146 Å². The van der Waals surface area contributed by atoms with Crippen molar-refractivity contribution in [3.8, 4) is 0 Å². The average molecular weight is 351 g/mol. The molecular weight excluding hydrogens is 320 g/mol. The summed E-state index contributed by atoms with van der Waals surface area (Å²) in [6, 6.07) is 5.88. The van der Waals surface area contributed by atoms with Gasteiger partial charge in [-0.3, -0.25) is 4.90 Å². The molecule has 0 aromatic heterocycles. The summed E-state index contributed by atoms with van der Waals surface area (Å²) in [5.41, 5.74) is 2.53. The average Bonchev–Trinajstić information content (AvgIpc) is 2.60. The fourth-order valence-electron chi connectivity index (χ4n) is 3.79. The molecule has 1 aromatic carbocycles. The van der Waals surface area contributed by atoms with Gasteiger partial charge in [-0.25, -0.2) is 13.1 Å². The maximum Gasteiger partial charge on any atom is 0.240 e. The van der Waals surface area contributed by atoms with Crippen molar-refractivity contribution < 1.29 is 8.42 Å². The van der Waals surface area contributed by atoms with Crippen LogP contribution in [-0.2, 0) is 22.9 Å². The summed E-state index contributed by atoms with van der Waals surface area (Å²) in [5.74, 6) is 0.792. The van der Waals surface area contributed by atoms with Crippen molar-refractivity contribution in [1.82, 2.24) is 9.62 Å². The molecular formula is C19H30N2O2S. The minimum atomic E-state index is -3.41. The van der Waals surface area contributed by atoms with Gasteiger partial charge in [-0.15, -0.1) is 0 Å². The van der Waals surface area contributed by atoms with E-state index in [0.717, 1.165) is 38.3 Å². The van der Waals surface area contributed by atoms with Crippen LogP contribution in [-0.4, -0.2) is 39.0 Å². The first-order valence-electron chi connectivity index (χ1n) is 9.31. The first kappa shape index (κ1) is 17.9. The summed E-state index contributed by atoms with van der Waals surface area (Å²) >= 11 is 0. The largest absolute Gasteiger partial charge is 0.299 e. The molecule has 0 bridgehead atoms. The predicted octanol–water partition coefficient (Wildman–Crippen LogP) is 2.96. The molecule has 1 heterocycles. The van der Waals surface area contributed by atoms with Gasteiger partial charge in [0.15, 0.2) is 0 Å². The van der Waals surface area contributed by atoms with Crippen molar-refractivity contribution in [2.24, 2.45) is 5.92 Å². The third-order valence-electron chi connectivity index (χ3n) is 5.64. The third-order valence-corrected chi connectivity index (χ3v) is 7.06. The molecule has 0 saturated carbocycles. The van der Waals surface area contributed by atoms with E-state index in [1.54, 1.807) is 6.07 Å². The molecule has 2 aliphatic rings. The summed E-state index contributed by atoms with van der Waals surface area (Å²) in [6.45, 7) is 7.03. The topological polar surface area (TPSA) is 49.4 Å². The number of hydrogen-bond acceptors (Lipinski definition) is 3. The van der Waals surface area contributed by atoms with Gasteiger partial charge in [0.2, 0.25) is 10.0 Å². The Morgan fingerprint density at radius 1 is 1.17 bits per heavy atom. The molecule has 0 amide bonds. The summed E-state index contributed by atoms with van der Waals surface area (Å²) in [4.78, 5) is 2.82. The first-order valence-corrected chi connectivity index (χ1v) is 10.8. The monoisotopic (exact) mass is 350 g/mol. The van der Waals surface area contributed by atoms with Crippen LogP contribution in [0.5, 0.6) is 0 Å². The fourth-order valence-corrected chi connectivity index (χ4v) is 4.96. The van der Waals surface area contributed by atoms with Crippen LogP contribution in [0, 0.1) is 5.92 Å². The minimum Gasteiger partial charge on any atom is -0.299 e. The van der Waals surface area contributed by atoms with Crippen molar-refractivity contribution in [1.29, 1.82) is 0 Å². The minimum absolute atomic E-state index is 0.241. The molecule has 3 rings (SSSR count). The van der Waals surface area contributed by atoms with E-state index < -0.39 is 10.0 Å². The van der Waals surface area contributed by atoms with Gasteiger partial charge in [0.05, 0.1) is 4.90 Å². The number of fused-ring (bicyclic) bond motifs is 1. The van der Waals surface area contributed by atoms with Gasteiger partial charge in [-0.05, 0) is 87.7 Å². The third kappa shape index (κ3) is 4.19.